The molecule has 0 spiro atoms. The van der Waals surface area contributed by atoms with Crippen LogP contribution in [0.3, 0.4) is 0 Å². The zero-order valence-corrected chi connectivity index (χ0v) is 13.5. The van der Waals surface area contributed by atoms with Gasteiger partial charge in [0.1, 0.15) is 12.7 Å². The highest BCUT2D eigenvalue weighted by molar-refractivity contribution is 5.95. The molecule has 1 aromatic carbocycles. The molecule has 0 unspecified atom stereocenters. The van der Waals surface area contributed by atoms with Crippen molar-refractivity contribution in [2.45, 2.75) is 39.3 Å². The number of imide groups is 1. The van der Waals surface area contributed by atoms with E-state index in [1.165, 1.54) is 6.92 Å². The van der Waals surface area contributed by atoms with Gasteiger partial charge in [-0.1, -0.05) is 37.3 Å². The van der Waals surface area contributed by atoms with E-state index in [-0.39, 0.29) is 18.6 Å². The first-order chi connectivity index (χ1) is 10.9. The number of nitrogens with zero attached hydrogens (tertiary/aromatic N) is 1. The molecule has 3 atom stereocenters. The van der Waals surface area contributed by atoms with Crippen molar-refractivity contribution in [3.05, 3.63) is 35.9 Å². The molecule has 6 nitrogen and oxygen atoms in total. The minimum absolute atomic E-state index is 0.175. The average Bonchev–Trinajstić information content (AvgIpc) is 2.86. The smallest absolute Gasteiger partial charge is 0.416 e. The Morgan fingerprint density at radius 3 is 2.57 bits per heavy atom. The van der Waals surface area contributed by atoms with E-state index in [2.05, 4.69) is 0 Å². The molecule has 2 rings (SSSR count). The van der Waals surface area contributed by atoms with Gasteiger partial charge in [-0.2, -0.15) is 0 Å². The second-order valence-electron chi connectivity index (χ2n) is 5.73. The van der Waals surface area contributed by atoms with Gasteiger partial charge in [0.25, 0.3) is 0 Å². The number of carbonyl (C=O) groups excluding carboxylic acids is 3. The Hall–Kier alpha value is -2.37. The van der Waals surface area contributed by atoms with Crippen LogP contribution in [-0.4, -0.2) is 41.6 Å². The molecule has 1 aliphatic heterocycles. The summed E-state index contributed by atoms with van der Waals surface area (Å²) < 4.78 is 10.1. The largest absolute Gasteiger partial charge is 0.462 e. The van der Waals surface area contributed by atoms with E-state index in [4.69, 9.17) is 9.47 Å². The summed E-state index contributed by atoms with van der Waals surface area (Å²) in [5.74, 6) is -1.47. The Kier molecular flexibility index (Phi) is 5.36. The summed E-state index contributed by atoms with van der Waals surface area (Å²) in [4.78, 5) is 36.7. The summed E-state index contributed by atoms with van der Waals surface area (Å²) in [5, 5.41) is 0. The van der Waals surface area contributed by atoms with Crippen molar-refractivity contribution in [1.29, 1.82) is 0 Å². The van der Waals surface area contributed by atoms with Gasteiger partial charge in [-0.05, 0) is 18.9 Å². The summed E-state index contributed by atoms with van der Waals surface area (Å²) >= 11 is 0. The van der Waals surface area contributed by atoms with Crippen molar-refractivity contribution < 1.29 is 23.9 Å². The Morgan fingerprint density at radius 2 is 1.96 bits per heavy atom. The molecule has 0 aliphatic carbocycles. The fraction of sp³-hybridized carbons (Fsp3) is 0.471. The zero-order valence-electron chi connectivity index (χ0n) is 13.5. The van der Waals surface area contributed by atoms with Gasteiger partial charge in [0, 0.05) is 6.92 Å². The number of benzene rings is 1. The van der Waals surface area contributed by atoms with Gasteiger partial charge in [0.05, 0.1) is 12.0 Å². The van der Waals surface area contributed by atoms with Crippen molar-refractivity contribution in [1.82, 2.24) is 4.90 Å². The second-order valence-corrected chi connectivity index (χ2v) is 5.73. The molecule has 1 aliphatic rings. The third kappa shape index (κ3) is 4.09. The first-order valence-corrected chi connectivity index (χ1v) is 7.61. The quantitative estimate of drug-likeness (QED) is 0.778. The van der Waals surface area contributed by atoms with E-state index in [1.54, 1.807) is 13.8 Å². The molecule has 1 aromatic rings. The average molecular weight is 319 g/mol. The lowest BCUT2D eigenvalue weighted by Gasteiger charge is -2.25. The van der Waals surface area contributed by atoms with Crippen LogP contribution in [0.2, 0.25) is 0 Å². The van der Waals surface area contributed by atoms with Gasteiger partial charge in [-0.3, -0.25) is 9.59 Å². The number of esters is 1. The van der Waals surface area contributed by atoms with Crippen molar-refractivity contribution >= 4 is 18.0 Å². The molecule has 0 aromatic heterocycles. The fourth-order valence-electron chi connectivity index (χ4n) is 2.55. The predicted molar refractivity (Wildman–Crippen MR) is 82.5 cm³/mol. The van der Waals surface area contributed by atoms with Crippen molar-refractivity contribution in [3.8, 4) is 0 Å². The SMILES string of the molecule is CC(=O)O[C@H](C)[C@H](C)C(=O)N1C(=O)OC[C@H]1Cc1ccccc1. The van der Waals surface area contributed by atoms with Crippen LogP contribution in [0.1, 0.15) is 26.3 Å². The molecule has 0 N–H and O–H groups in total. The van der Waals surface area contributed by atoms with Crippen molar-refractivity contribution in [3.63, 3.8) is 0 Å². The minimum Gasteiger partial charge on any atom is -0.462 e. The zero-order chi connectivity index (χ0) is 17.0. The number of ether oxygens (including phenoxy) is 2. The molecule has 0 bridgehead atoms. The van der Waals surface area contributed by atoms with Gasteiger partial charge < -0.3 is 9.47 Å². The Bertz CT molecular complexity index is 586. The normalized spacial score (nSPS) is 19.9. The van der Waals surface area contributed by atoms with Gasteiger partial charge in [-0.15, -0.1) is 0 Å². The molecular weight excluding hydrogens is 298 g/mol. The molecular formula is C17H21NO5. The second kappa shape index (κ2) is 7.26. The third-order valence-corrected chi connectivity index (χ3v) is 3.96. The van der Waals surface area contributed by atoms with Crippen LogP contribution in [0, 0.1) is 5.92 Å². The van der Waals surface area contributed by atoms with Crippen LogP contribution in [0.25, 0.3) is 0 Å². The lowest BCUT2D eigenvalue weighted by Crippen LogP contribution is -2.45. The lowest BCUT2D eigenvalue weighted by molar-refractivity contribution is -0.151. The van der Waals surface area contributed by atoms with Crippen LogP contribution in [0.15, 0.2) is 30.3 Å². The van der Waals surface area contributed by atoms with Crippen LogP contribution in [-0.2, 0) is 25.5 Å². The van der Waals surface area contributed by atoms with E-state index in [0.29, 0.717) is 6.42 Å². The van der Waals surface area contributed by atoms with Crippen LogP contribution < -0.4 is 0 Å². The molecule has 0 radical (unpaired) electrons. The molecule has 1 saturated heterocycles. The molecule has 124 valence electrons. The number of cyclic esters (lactones) is 1. The van der Waals surface area contributed by atoms with Gasteiger partial charge in [0.2, 0.25) is 5.91 Å². The maximum absolute atomic E-state index is 12.6. The number of carbonyl (C=O) groups is 3. The van der Waals surface area contributed by atoms with Gasteiger partial charge in [0.15, 0.2) is 0 Å². The first-order valence-electron chi connectivity index (χ1n) is 7.61. The number of rotatable bonds is 5. The molecule has 1 fully saturated rings. The lowest BCUT2D eigenvalue weighted by atomic mass is 10.0. The predicted octanol–water partition coefficient (Wildman–Crippen LogP) is 2.16. The number of hydrogen-bond donors (Lipinski definition) is 0. The fourth-order valence-corrected chi connectivity index (χ4v) is 2.55. The molecule has 6 heteroatoms. The monoisotopic (exact) mass is 319 g/mol. The van der Waals surface area contributed by atoms with Gasteiger partial charge in [-0.25, -0.2) is 9.69 Å². The van der Waals surface area contributed by atoms with Gasteiger partial charge >= 0.3 is 12.1 Å². The summed E-state index contributed by atoms with van der Waals surface area (Å²) in [6.07, 6.45) is -0.712. The molecule has 1 heterocycles. The molecule has 2 amide bonds. The van der Waals surface area contributed by atoms with E-state index in [9.17, 15) is 14.4 Å². The van der Waals surface area contributed by atoms with Crippen molar-refractivity contribution in [2.24, 2.45) is 5.92 Å². The topological polar surface area (TPSA) is 72.9 Å². The highest BCUT2D eigenvalue weighted by atomic mass is 16.6. The number of hydrogen-bond acceptors (Lipinski definition) is 5. The Labute approximate surface area is 135 Å². The molecule has 23 heavy (non-hydrogen) atoms. The summed E-state index contributed by atoms with van der Waals surface area (Å²) in [6.45, 7) is 4.74. The maximum atomic E-state index is 12.6. The molecule has 0 saturated carbocycles. The summed E-state index contributed by atoms with van der Waals surface area (Å²) in [6, 6.07) is 9.26. The highest BCUT2D eigenvalue weighted by Crippen LogP contribution is 2.22. The standard InChI is InChI=1S/C17H21NO5/c1-11(12(2)23-13(3)19)16(20)18-15(10-22-17(18)21)9-14-7-5-4-6-8-14/h4-8,11-12,15H,9-10H2,1-3H3/t11-,12+,15+/m0/s1. The number of amides is 2. The van der Waals surface area contributed by atoms with Crippen molar-refractivity contribution in [2.75, 3.05) is 6.61 Å². The van der Waals surface area contributed by atoms with E-state index < -0.39 is 24.1 Å². The van der Waals surface area contributed by atoms with E-state index >= 15 is 0 Å². The summed E-state index contributed by atoms with van der Waals surface area (Å²) in [5.41, 5.74) is 1.02. The van der Waals surface area contributed by atoms with Crippen LogP contribution in [0.4, 0.5) is 4.79 Å². The first kappa shape index (κ1) is 17.0. The maximum Gasteiger partial charge on any atom is 0.416 e. The third-order valence-electron chi connectivity index (χ3n) is 3.96. The van der Waals surface area contributed by atoms with E-state index in [0.717, 1.165) is 10.5 Å². The Balaban J connectivity index is 2.09. The highest BCUT2D eigenvalue weighted by Gasteiger charge is 2.41. The van der Waals surface area contributed by atoms with E-state index in [1.807, 2.05) is 30.3 Å². The minimum atomic E-state index is -0.641. The summed E-state index contributed by atoms with van der Waals surface area (Å²) in [7, 11) is 0. The van der Waals surface area contributed by atoms with Crippen LogP contribution >= 0.6 is 0 Å². The van der Waals surface area contributed by atoms with Crippen LogP contribution in [0.5, 0.6) is 0 Å². The Morgan fingerprint density at radius 1 is 1.30 bits per heavy atom.